The van der Waals surface area contributed by atoms with Crippen molar-refractivity contribution in [1.29, 1.82) is 0 Å². The van der Waals surface area contributed by atoms with Crippen LogP contribution in [0.2, 0.25) is 0 Å². The first-order chi connectivity index (χ1) is 22.9. The van der Waals surface area contributed by atoms with Gasteiger partial charge >= 0.3 is 11.8 Å². The van der Waals surface area contributed by atoms with Crippen molar-refractivity contribution in [3.63, 3.8) is 0 Å². The minimum absolute atomic E-state index is 0.0784. The fourth-order valence-electron chi connectivity index (χ4n) is 7.51. The van der Waals surface area contributed by atoms with Crippen molar-refractivity contribution in [3.05, 3.63) is 34.2 Å². The molecule has 4 amide bonds. The molecular weight excluding hydrogens is 616 g/mol. The number of amides is 4. The van der Waals surface area contributed by atoms with Gasteiger partial charge in [0.05, 0.1) is 17.1 Å². The zero-order chi connectivity index (χ0) is 34.2. The van der Waals surface area contributed by atoms with Crippen molar-refractivity contribution in [3.8, 4) is 0 Å². The predicted molar refractivity (Wildman–Crippen MR) is 178 cm³/mol. The summed E-state index contributed by atoms with van der Waals surface area (Å²) in [6.07, 6.45) is 5.95. The van der Waals surface area contributed by atoms with Crippen molar-refractivity contribution < 1.29 is 28.7 Å². The maximum absolute atomic E-state index is 13.1. The molecule has 3 saturated heterocycles. The lowest BCUT2D eigenvalue weighted by Crippen LogP contribution is -2.56. The third-order valence-corrected chi connectivity index (χ3v) is 10.3. The highest BCUT2D eigenvalue weighted by Gasteiger charge is 2.41. The number of piperazine rings is 1. The quantitative estimate of drug-likeness (QED) is 0.336. The molecule has 0 radical (unpaired) electrons. The summed E-state index contributed by atoms with van der Waals surface area (Å²) in [4.78, 5) is 68.7. The van der Waals surface area contributed by atoms with E-state index in [4.69, 9.17) is 9.47 Å². The van der Waals surface area contributed by atoms with Gasteiger partial charge in [0.1, 0.15) is 11.6 Å². The summed E-state index contributed by atoms with van der Waals surface area (Å²) in [5.41, 5.74) is 1.80. The zero-order valence-electron chi connectivity index (χ0n) is 28.7. The molecule has 6 rings (SSSR count). The number of hydrogen-bond donors (Lipinski definition) is 1. The third-order valence-electron chi connectivity index (χ3n) is 10.3. The van der Waals surface area contributed by atoms with Gasteiger partial charge in [-0.15, -0.1) is 0 Å². The van der Waals surface area contributed by atoms with Crippen molar-refractivity contribution in [2.45, 2.75) is 95.9 Å². The highest BCUT2D eigenvalue weighted by Crippen LogP contribution is 2.35. The second-order valence-electron chi connectivity index (χ2n) is 14.8. The van der Waals surface area contributed by atoms with Crippen LogP contribution in [0.5, 0.6) is 0 Å². The van der Waals surface area contributed by atoms with Gasteiger partial charge in [-0.3, -0.25) is 28.8 Å². The lowest BCUT2D eigenvalue weighted by Gasteiger charge is -2.46. The lowest BCUT2D eigenvalue weighted by atomic mass is 9.77. The number of likely N-dealkylation sites (tertiary alicyclic amines) is 1. The molecule has 13 nitrogen and oxygen atoms in total. The minimum atomic E-state index is -0.683. The molecule has 1 aromatic heterocycles. The molecule has 13 heteroatoms. The first-order valence-electron chi connectivity index (χ1n) is 17.5. The molecule has 0 unspecified atom stereocenters. The van der Waals surface area contributed by atoms with E-state index in [1.165, 1.54) is 4.57 Å². The van der Waals surface area contributed by atoms with Crippen LogP contribution < -0.4 is 11.0 Å². The van der Waals surface area contributed by atoms with E-state index >= 15 is 0 Å². The standard InChI is InChI=1S/C35H50N6O7/c1-35(2,3)48-34(46)40-17-15-39(16-18-40)32(44)24-21-25(22-24)38-13-11-26(12-14-38)47-19-5-6-23-7-8-27-29(20-23)37(4)33(45)41(27)28-9-10-30(42)36-31(28)43/h7-8,20,24-26,28H,5-6,9-19,21-22H2,1-4H3,(H,36,42,43)/t24?,25?,28-/m1/s1. The summed E-state index contributed by atoms with van der Waals surface area (Å²) in [5, 5.41) is 2.35. The van der Waals surface area contributed by atoms with E-state index in [0.717, 1.165) is 62.7 Å². The van der Waals surface area contributed by atoms with Gasteiger partial charge in [-0.1, -0.05) is 6.07 Å². The van der Waals surface area contributed by atoms with E-state index in [-0.39, 0.29) is 42.0 Å². The van der Waals surface area contributed by atoms with E-state index in [1.54, 1.807) is 16.5 Å². The summed E-state index contributed by atoms with van der Waals surface area (Å²) in [6.45, 7) is 10.4. The maximum Gasteiger partial charge on any atom is 0.410 e. The summed E-state index contributed by atoms with van der Waals surface area (Å²) < 4.78 is 14.8. The van der Waals surface area contributed by atoms with Crippen LogP contribution in [0.15, 0.2) is 23.0 Å². The molecule has 1 saturated carbocycles. The molecule has 3 aliphatic heterocycles. The van der Waals surface area contributed by atoms with Gasteiger partial charge in [-0.2, -0.15) is 0 Å². The SMILES string of the molecule is Cn1c(=O)n([C@@H]2CCC(=O)NC2=O)c2ccc(CCCOC3CCN(C4CC(C(=O)N5CCN(C(=O)OC(C)(C)C)CC5)C4)CC3)cc21. The van der Waals surface area contributed by atoms with Crippen LogP contribution in [-0.4, -0.2) is 111 Å². The van der Waals surface area contributed by atoms with E-state index in [0.29, 0.717) is 50.8 Å². The maximum atomic E-state index is 13.1. The van der Waals surface area contributed by atoms with E-state index in [9.17, 15) is 24.0 Å². The monoisotopic (exact) mass is 666 g/mol. The molecule has 1 N–H and O–H groups in total. The molecule has 1 aliphatic carbocycles. The molecule has 4 heterocycles. The largest absolute Gasteiger partial charge is 0.444 e. The number of piperidine rings is 2. The molecule has 0 bridgehead atoms. The van der Waals surface area contributed by atoms with Crippen LogP contribution in [0.1, 0.15) is 77.3 Å². The van der Waals surface area contributed by atoms with Crippen LogP contribution >= 0.6 is 0 Å². The number of aryl methyl sites for hydroxylation is 2. The normalized spacial score (nSPS) is 24.5. The third kappa shape index (κ3) is 7.46. The Labute approximate surface area is 281 Å². The first kappa shape index (κ1) is 34.2. The van der Waals surface area contributed by atoms with Crippen LogP contribution in [0.3, 0.4) is 0 Å². The zero-order valence-corrected chi connectivity index (χ0v) is 28.7. The fourth-order valence-corrected chi connectivity index (χ4v) is 7.51. The Kier molecular flexibility index (Phi) is 9.98. The van der Waals surface area contributed by atoms with Gasteiger partial charge in [-0.05, 0) is 83.4 Å². The number of imidazole rings is 1. The average Bonchev–Trinajstić information content (AvgIpc) is 3.27. The lowest BCUT2D eigenvalue weighted by molar-refractivity contribution is -0.143. The molecule has 1 atom stereocenters. The molecule has 0 spiro atoms. The second-order valence-corrected chi connectivity index (χ2v) is 14.8. The van der Waals surface area contributed by atoms with Gasteiger partial charge < -0.3 is 24.2 Å². The minimum Gasteiger partial charge on any atom is -0.444 e. The summed E-state index contributed by atoms with van der Waals surface area (Å²) >= 11 is 0. The fraction of sp³-hybridized carbons (Fsp3) is 0.686. The molecule has 4 fully saturated rings. The summed E-state index contributed by atoms with van der Waals surface area (Å²) in [7, 11) is 1.71. The van der Waals surface area contributed by atoms with E-state index in [1.807, 2.05) is 43.9 Å². The smallest absolute Gasteiger partial charge is 0.410 e. The number of imide groups is 1. The Morgan fingerprint density at radius 2 is 1.60 bits per heavy atom. The number of nitrogens with zero attached hydrogens (tertiary/aromatic N) is 5. The van der Waals surface area contributed by atoms with Crippen LogP contribution in [0.4, 0.5) is 4.79 Å². The van der Waals surface area contributed by atoms with Gasteiger partial charge in [0.15, 0.2) is 0 Å². The predicted octanol–water partition coefficient (Wildman–Crippen LogP) is 2.59. The first-order valence-corrected chi connectivity index (χ1v) is 17.5. The molecular formula is C35H50N6O7. The molecule has 48 heavy (non-hydrogen) atoms. The van der Waals surface area contributed by atoms with Gasteiger partial charge in [0.2, 0.25) is 17.7 Å². The van der Waals surface area contributed by atoms with Crippen LogP contribution in [-0.2, 0) is 37.3 Å². The van der Waals surface area contributed by atoms with Gasteiger partial charge in [0, 0.05) is 71.3 Å². The number of carbonyl (C=O) groups is 4. The average molecular weight is 667 g/mol. The van der Waals surface area contributed by atoms with E-state index < -0.39 is 17.6 Å². The highest BCUT2D eigenvalue weighted by atomic mass is 16.6. The number of aromatic nitrogens is 2. The number of rotatable bonds is 8. The Morgan fingerprint density at radius 3 is 2.27 bits per heavy atom. The number of benzene rings is 1. The number of hydrogen-bond acceptors (Lipinski definition) is 8. The highest BCUT2D eigenvalue weighted by molar-refractivity contribution is 6.00. The molecule has 4 aliphatic rings. The van der Waals surface area contributed by atoms with Crippen molar-refractivity contribution in [2.75, 3.05) is 45.9 Å². The van der Waals surface area contributed by atoms with Crippen LogP contribution in [0.25, 0.3) is 11.0 Å². The Bertz CT molecular complexity index is 1590. The molecule has 2 aromatic rings. The molecule has 262 valence electrons. The van der Waals surface area contributed by atoms with E-state index in [2.05, 4.69) is 10.2 Å². The Balaban J connectivity index is 0.887. The Hall–Kier alpha value is -3.71. The second kappa shape index (κ2) is 14.0. The van der Waals surface area contributed by atoms with Crippen molar-refractivity contribution in [1.82, 2.24) is 29.2 Å². The molecule has 1 aromatic carbocycles. The number of nitrogens with one attached hydrogen (secondary N) is 1. The number of ether oxygens (including phenoxy) is 2. The summed E-state index contributed by atoms with van der Waals surface area (Å²) in [6, 6.07) is 5.69. The Morgan fingerprint density at radius 1 is 0.917 bits per heavy atom. The van der Waals surface area contributed by atoms with Gasteiger partial charge in [0.25, 0.3) is 0 Å². The van der Waals surface area contributed by atoms with Crippen LogP contribution in [0, 0.1) is 5.92 Å². The number of carbonyl (C=O) groups excluding carboxylic acids is 4. The van der Waals surface area contributed by atoms with Crippen molar-refractivity contribution >= 4 is 34.8 Å². The topological polar surface area (TPSA) is 135 Å². The number of fused-ring (bicyclic) bond motifs is 1. The summed E-state index contributed by atoms with van der Waals surface area (Å²) in [5.74, 6) is -0.426. The van der Waals surface area contributed by atoms with Crippen molar-refractivity contribution in [2.24, 2.45) is 13.0 Å². The van der Waals surface area contributed by atoms with Gasteiger partial charge in [-0.25, -0.2) is 9.59 Å².